The van der Waals surface area contributed by atoms with Gasteiger partial charge < -0.3 is 10.4 Å². The highest BCUT2D eigenvalue weighted by atomic mass is 16.3. The van der Waals surface area contributed by atoms with E-state index in [0.29, 0.717) is 22.9 Å². The number of nitrogens with one attached hydrogen (secondary N) is 1. The van der Waals surface area contributed by atoms with Crippen molar-refractivity contribution in [3.8, 4) is 29.4 Å². The molecule has 3 aromatic rings. The second kappa shape index (κ2) is 7.38. The Kier molecular flexibility index (Phi) is 4.57. The lowest BCUT2D eigenvalue weighted by Gasteiger charge is -2.33. The van der Waals surface area contributed by atoms with Crippen LogP contribution >= 0.6 is 0 Å². The number of aromatic hydroxyl groups is 1. The van der Waals surface area contributed by atoms with Gasteiger partial charge in [0.2, 0.25) is 0 Å². The van der Waals surface area contributed by atoms with Crippen LogP contribution in [0.5, 0.6) is 5.75 Å². The van der Waals surface area contributed by atoms with Crippen LogP contribution in [0.4, 0.5) is 5.82 Å². The van der Waals surface area contributed by atoms with E-state index in [1.54, 1.807) is 6.07 Å². The van der Waals surface area contributed by atoms with Gasteiger partial charge in [0.15, 0.2) is 5.82 Å². The van der Waals surface area contributed by atoms with Gasteiger partial charge in [-0.3, -0.25) is 4.90 Å². The van der Waals surface area contributed by atoms with Crippen molar-refractivity contribution in [2.45, 2.75) is 37.8 Å². The van der Waals surface area contributed by atoms with Gasteiger partial charge in [0.25, 0.3) is 0 Å². The molecule has 2 aromatic carbocycles. The van der Waals surface area contributed by atoms with Gasteiger partial charge in [-0.1, -0.05) is 30.2 Å². The summed E-state index contributed by atoms with van der Waals surface area (Å²) in [6.45, 7) is 2.28. The normalized spacial score (nSPS) is 19.8. The van der Waals surface area contributed by atoms with Crippen LogP contribution in [-0.2, 0) is 0 Å². The maximum absolute atomic E-state index is 10.5. The van der Waals surface area contributed by atoms with Crippen LogP contribution < -0.4 is 5.32 Å². The minimum Gasteiger partial charge on any atom is -0.507 e. The van der Waals surface area contributed by atoms with Crippen LogP contribution in [0.1, 0.15) is 31.2 Å². The molecule has 5 nitrogen and oxygen atoms in total. The van der Waals surface area contributed by atoms with E-state index in [1.807, 2.05) is 30.3 Å². The first kappa shape index (κ1) is 18.0. The van der Waals surface area contributed by atoms with E-state index in [2.05, 4.69) is 32.4 Å². The average molecular weight is 384 g/mol. The molecule has 0 bridgehead atoms. The van der Waals surface area contributed by atoms with Crippen molar-refractivity contribution in [2.75, 3.05) is 18.4 Å². The van der Waals surface area contributed by atoms with Crippen molar-refractivity contribution >= 4 is 16.6 Å². The number of phenols is 1. The Bertz CT molecular complexity index is 1100. The van der Waals surface area contributed by atoms with Crippen molar-refractivity contribution in [3.05, 3.63) is 48.0 Å². The Morgan fingerprint density at radius 3 is 2.66 bits per heavy atom. The van der Waals surface area contributed by atoms with Gasteiger partial charge in [-0.15, -0.1) is 16.6 Å². The number of rotatable bonds is 4. The Hall–Kier alpha value is -3.10. The number of benzene rings is 2. The predicted octanol–water partition coefficient (Wildman–Crippen LogP) is 4.02. The first-order chi connectivity index (χ1) is 14.2. The molecule has 2 fully saturated rings. The molecular formula is C24H24N4O. The molecule has 1 aliphatic heterocycles. The van der Waals surface area contributed by atoms with Gasteiger partial charge in [0, 0.05) is 40.5 Å². The molecule has 0 spiro atoms. The summed E-state index contributed by atoms with van der Waals surface area (Å²) >= 11 is 0. The lowest BCUT2D eigenvalue weighted by molar-refractivity contribution is 0.207. The van der Waals surface area contributed by atoms with Crippen molar-refractivity contribution in [1.29, 1.82) is 0 Å². The maximum Gasteiger partial charge on any atom is 0.156 e. The first-order valence-corrected chi connectivity index (χ1v) is 10.3. The SMILES string of the molecule is C#Cc1ccc(-c2nnc(N[C@@H]3CCCN(C4CC4)C3)c3ccccc23)c(O)c1. The van der Waals surface area contributed by atoms with Gasteiger partial charge >= 0.3 is 0 Å². The third kappa shape index (κ3) is 3.52. The fourth-order valence-electron chi connectivity index (χ4n) is 4.32. The third-order valence-corrected chi connectivity index (χ3v) is 5.96. The number of likely N-dealkylation sites (tertiary alicyclic amines) is 1. The first-order valence-electron chi connectivity index (χ1n) is 10.3. The maximum atomic E-state index is 10.5. The van der Waals surface area contributed by atoms with E-state index in [9.17, 15) is 5.11 Å². The number of hydrogen-bond acceptors (Lipinski definition) is 5. The van der Waals surface area contributed by atoms with Crippen LogP contribution in [0, 0.1) is 12.3 Å². The highest BCUT2D eigenvalue weighted by Crippen LogP contribution is 2.36. The zero-order chi connectivity index (χ0) is 19.8. The zero-order valence-corrected chi connectivity index (χ0v) is 16.3. The van der Waals surface area contributed by atoms with Crippen LogP contribution in [0.2, 0.25) is 0 Å². The minimum atomic E-state index is 0.118. The smallest absolute Gasteiger partial charge is 0.156 e. The second-order valence-corrected chi connectivity index (χ2v) is 8.03. The molecular weight excluding hydrogens is 360 g/mol. The fourth-order valence-corrected chi connectivity index (χ4v) is 4.32. The van der Waals surface area contributed by atoms with E-state index in [4.69, 9.17) is 6.42 Å². The summed E-state index contributed by atoms with van der Waals surface area (Å²) in [6.07, 6.45) is 10.5. The molecule has 5 rings (SSSR count). The summed E-state index contributed by atoms with van der Waals surface area (Å²) in [7, 11) is 0. The molecule has 2 aliphatic rings. The summed E-state index contributed by atoms with van der Waals surface area (Å²) in [5.74, 6) is 3.47. The lowest BCUT2D eigenvalue weighted by Crippen LogP contribution is -2.43. The van der Waals surface area contributed by atoms with Crippen molar-refractivity contribution in [1.82, 2.24) is 15.1 Å². The molecule has 2 N–H and O–H groups in total. The molecule has 0 amide bonds. The molecule has 1 aromatic heterocycles. The summed E-state index contributed by atoms with van der Waals surface area (Å²) in [4.78, 5) is 2.61. The number of aromatic nitrogens is 2. The fraction of sp³-hybridized carbons (Fsp3) is 0.333. The molecule has 0 unspecified atom stereocenters. The summed E-state index contributed by atoms with van der Waals surface area (Å²) in [5, 5.41) is 25.1. The second-order valence-electron chi connectivity index (χ2n) is 8.03. The quantitative estimate of drug-likeness (QED) is 0.665. The lowest BCUT2D eigenvalue weighted by atomic mass is 10.0. The van der Waals surface area contributed by atoms with Crippen LogP contribution in [0.3, 0.4) is 0 Å². The highest BCUT2D eigenvalue weighted by molar-refractivity contribution is 6.00. The largest absolute Gasteiger partial charge is 0.507 e. The molecule has 1 aliphatic carbocycles. The van der Waals surface area contributed by atoms with Crippen LogP contribution in [-0.4, -0.2) is 45.4 Å². The van der Waals surface area contributed by atoms with E-state index >= 15 is 0 Å². The molecule has 5 heteroatoms. The molecule has 0 radical (unpaired) electrons. The molecule has 1 saturated heterocycles. The van der Waals surface area contributed by atoms with E-state index in [-0.39, 0.29) is 5.75 Å². The zero-order valence-electron chi connectivity index (χ0n) is 16.3. The van der Waals surface area contributed by atoms with Crippen LogP contribution in [0.15, 0.2) is 42.5 Å². The Balaban J connectivity index is 1.49. The van der Waals surface area contributed by atoms with E-state index < -0.39 is 0 Å². The number of piperidine rings is 1. The monoisotopic (exact) mass is 384 g/mol. The number of fused-ring (bicyclic) bond motifs is 1. The summed E-state index contributed by atoms with van der Waals surface area (Å²) < 4.78 is 0. The Morgan fingerprint density at radius 1 is 1.07 bits per heavy atom. The topological polar surface area (TPSA) is 61.3 Å². The average Bonchev–Trinajstić information content (AvgIpc) is 3.60. The predicted molar refractivity (Wildman–Crippen MR) is 116 cm³/mol. The standard InChI is InChI=1S/C24H24N4O/c1-2-16-9-12-21(22(29)14-16)23-19-7-3-4-8-20(19)24(27-26-23)25-17-6-5-13-28(15-17)18-10-11-18/h1,3-4,7-9,12,14,17-18,29H,5-6,10-11,13,15H2,(H,25,27)/t17-/m1/s1. The molecule has 146 valence electrons. The number of phenolic OH excluding ortho intramolecular Hbond substituents is 1. The number of terminal acetylenes is 1. The molecule has 2 heterocycles. The third-order valence-electron chi connectivity index (χ3n) is 5.96. The minimum absolute atomic E-state index is 0.118. The Labute approximate surface area is 170 Å². The molecule has 29 heavy (non-hydrogen) atoms. The van der Waals surface area contributed by atoms with Crippen molar-refractivity contribution in [2.24, 2.45) is 0 Å². The van der Waals surface area contributed by atoms with E-state index in [1.165, 1.54) is 25.8 Å². The number of nitrogens with zero attached hydrogens (tertiary/aromatic N) is 3. The van der Waals surface area contributed by atoms with Crippen molar-refractivity contribution < 1.29 is 5.11 Å². The highest BCUT2D eigenvalue weighted by Gasteiger charge is 2.32. The van der Waals surface area contributed by atoms with Crippen molar-refractivity contribution in [3.63, 3.8) is 0 Å². The van der Waals surface area contributed by atoms with Gasteiger partial charge in [-0.25, -0.2) is 0 Å². The van der Waals surface area contributed by atoms with Gasteiger partial charge in [0.05, 0.1) is 0 Å². The molecule has 1 atom stereocenters. The number of anilines is 1. The summed E-state index contributed by atoms with van der Waals surface area (Å²) in [5.41, 5.74) is 1.94. The molecule has 1 saturated carbocycles. The Morgan fingerprint density at radius 2 is 1.90 bits per heavy atom. The van der Waals surface area contributed by atoms with Gasteiger partial charge in [-0.2, -0.15) is 0 Å². The summed E-state index contributed by atoms with van der Waals surface area (Å²) in [6, 6.07) is 14.5. The van der Waals surface area contributed by atoms with Gasteiger partial charge in [-0.05, 0) is 50.4 Å². The van der Waals surface area contributed by atoms with Gasteiger partial charge in [0.1, 0.15) is 11.4 Å². The van der Waals surface area contributed by atoms with E-state index in [0.717, 1.165) is 35.6 Å². The van der Waals surface area contributed by atoms with Crippen LogP contribution in [0.25, 0.3) is 22.0 Å². The number of hydrogen-bond donors (Lipinski definition) is 2.